The summed E-state index contributed by atoms with van der Waals surface area (Å²) in [6.45, 7) is 3.58. The van der Waals surface area contributed by atoms with Gasteiger partial charge in [0, 0.05) is 5.57 Å². The molecule has 0 spiro atoms. The predicted octanol–water partition coefficient (Wildman–Crippen LogP) is 3.49. The highest BCUT2D eigenvalue weighted by Crippen LogP contribution is 2.34. The number of halogens is 1. The molecule has 128 valence electrons. The van der Waals surface area contributed by atoms with Gasteiger partial charge in [-0.05, 0) is 36.2 Å². The van der Waals surface area contributed by atoms with Crippen LogP contribution in [0.15, 0.2) is 34.2 Å². The van der Waals surface area contributed by atoms with Crippen LogP contribution in [0.5, 0.6) is 0 Å². The van der Waals surface area contributed by atoms with Gasteiger partial charge < -0.3 is 5.32 Å². The van der Waals surface area contributed by atoms with Crippen molar-refractivity contribution in [1.29, 1.82) is 0 Å². The molecule has 1 aliphatic heterocycles. The second-order valence-electron chi connectivity index (χ2n) is 5.38. The van der Waals surface area contributed by atoms with E-state index in [2.05, 4.69) is 20.6 Å². The molecule has 6 nitrogen and oxygen atoms in total. The fraction of sp³-hybridized carbons (Fsp3) is 0.125. The van der Waals surface area contributed by atoms with Crippen molar-refractivity contribution in [3.8, 4) is 10.7 Å². The Morgan fingerprint density at radius 1 is 1.12 bits per heavy atom. The van der Waals surface area contributed by atoms with Crippen molar-refractivity contribution >= 4 is 62.9 Å². The Kier molecular flexibility index (Phi) is 4.59. The number of amides is 2. The molecule has 0 aliphatic carbocycles. The van der Waals surface area contributed by atoms with Crippen molar-refractivity contribution in [1.82, 2.24) is 15.3 Å². The number of aromatic nitrogens is 2. The Morgan fingerprint density at radius 2 is 1.92 bits per heavy atom. The summed E-state index contributed by atoms with van der Waals surface area (Å²) in [5.74, 6) is 0.328. The molecule has 0 saturated carbocycles. The molecule has 1 aliphatic rings. The first-order valence-electron chi connectivity index (χ1n) is 7.18. The maximum atomic E-state index is 12.0. The van der Waals surface area contributed by atoms with Crippen LogP contribution in [0.2, 0.25) is 0 Å². The van der Waals surface area contributed by atoms with E-state index < -0.39 is 5.91 Å². The zero-order valence-corrected chi connectivity index (χ0v) is 15.7. The van der Waals surface area contributed by atoms with Crippen molar-refractivity contribution in [3.63, 3.8) is 0 Å². The molecule has 2 amide bonds. The number of nitrogens with zero attached hydrogens (tertiary/aromatic N) is 2. The molecule has 3 aromatic rings. The average molecular weight is 393 g/mol. The van der Waals surface area contributed by atoms with Crippen LogP contribution in [0, 0.1) is 6.92 Å². The van der Waals surface area contributed by atoms with Crippen molar-refractivity contribution in [2.24, 2.45) is 0 Å². The zero-order valence-electron chi connectivity index (χ0n) is 13.2. The minimum Gasteiger partial charge on any atom is -0.335 e. The monoisotopic (exact) mass is 392 g/mol. The fourth-order valence-electron chi connectivity index (χ4n) is 2.50. The van der Waals surface area contributed by atoms with Gasteiger partial charge in [0.05, 0.1) is 10.3 Å². The van der Waals surface area contributed by atoms with E-state index in [1.165, 1.54) is 11.3 Å². The van der Waals surface area contributed by atoms with Gasteiger partial charge in [0.2, 0.25) is 0 Å². The van der Waals surface area contributed by atoms with Gasteiger partial charge in [-0.1, -0.05) is 6.07 Å². The second kappa shape index (κ2) is 6.55. The van der Waals surface area contributed by atoms with Crippen LogP contribution >= 0.6 is 35.1 Å². The minimum absolute atomic E-state index is 0. The van der Waals surface area contributed by atoms with E-state index in [9.17, 15) is 9.59 Å². The number of rotatable bonds is 3. The van der Waals surface area contributed by atoms with Gasteiger partial charge in [0.1, 0.15) is 16.3 Å². The van der Waals surface area contributed by atoms with E-state index in [0.29, 0.717) is 17.2 Å². The average Bonchev–Trinajstić information content (AvgIpc) is 3.26. The SMILES string of the molecule is CC1=C(Nc2nc(-c3cccs3)nc3scc(C)c23)C(=O)NC1=O.Cl. The van der Waals surface area contributed by atoms with Gasteiger partial charge in [0.15, 0.2) is 5.82 Å². The molecular formula is C16H13ClN4O2S2. The third kappa shape index (κ3) is 2.92. The number of imide groups is 1. The summed E-state index contributed by atoms with van der Waals surface area (Å²) >= 11 is 3.08. The lowest BCUT2D eigenvalue weighted by Gasteiger charge is -2.09. The number of carbonyl (C=O) groups excluding carboxylic acids is 2. The summed E-state index contributed by atoms with van der Waals surface area (Å²) < 4.78 is 0. The summed E-state index contributed by atoms with van der Waals surface area (Å²) in [4.78, 5) is 34.7. The van der Waals surface area contributed by atoms with Gasteiger partial charge in [-0.3, -0.25) is 14.9 Å². The Morgan fingerprint density at radius 3 is 2.56 bits per heavy atom. The van der Waals surface area contributed by atoms with E-state index in [1.807, 2.05) is 29.8 Å². The predicted molar refractivity (Wildman–Crippen MR) is 102 cm³/mol. The molecule has 2 N–H and O–H groups in total. The first kappa shape index (κ1) is 17.5. The lowest BCUT2D eigenvalue weighted by Crippen LogP contribution is -2.24. The lowest BCUT2D eigenvalue weighted by atomic mass is 10.2. The van der Waals surface area contributed by atoms with Crippen LogP contribution in [0.25, 0.3) is 20.9 Å². The van der Waals surface area contributed by atoms with Crippen LogP contribution < -0.4 is 10.6 Å². The Bertz CT molecular complexity index is 1020. The number of anilines is 1. The first-order valence-corrected chi connectivity index (χ1v) is 8.94. The number of hydrogen-bond donors (Lipinski definition) is 2. The maximum absolute atomic E-state index is 12.0. The molecule has 4 rings (SSSR count). The van der Waals surface area contributed by atoms with E-state index in [-0.39, 0.29) is 24.0 Å². The normalized spacial score (nSPS) is 14.0. The quantitative estimate of drug-likeness (QED) is 0.666. The van der Waals surface area contributed by atoms with E-state index in [1.54, 1.807) is 18.3 Å². The van der Waals surface area contributed by atoms with Crippen LogP contribution in [-0.4, -0.2) is 21.8 Å². The fourth-order valence-corrected chi connectivity index (χ4v) is 4.08. The van der Waals surface area contributed by atoms with E-state index in [4.69, 9.17) is 0 Å². The van der Waals surface area contributed by atoms with Crippen LogP contribution in [-0.2, 0) is 9.59 Å². The molecule has 25 heavy (non-hydrogen) atoms. The number of carbonyl (C=O) groups is 2. The molecule has 0 aromatic carbocycles. The van der Waals surface area contributed by atoms with Gasteiger partial charge >= 0.3 is 0 Å². The molecule has 0 radical (unpaired) electrons. The summed E-state index contributed by atoms with van der Waals surface area (Å²) in [6, 6.07) is 3.89. The van der Waals surface area contributed by atoms with Crippen molar-refractivity contribution < 1.29 is 9.59 Å². The van der Waals surface area contributed by atoms with Crippen LogP contribution in [0.3, 0.4) is 0 Å². The molecule has 9 heteroatoms. The topological polar surface area (TPSA) is 84.0 Å². The van der Waals surface area contributed by atoms with Gasteiger partial charge in [-0.2, -0.15) is 0 Å². The van der Waals surface area contributed by atoms with Crippen LogP contribution in [0.1, 0.15) is 12.5 Å². The van der Waals surface area contributed by atoms with Gasteiger partial charge in [-0.25, -0.2) is 9.97 Å². The standard InChI is InChI=1S/C16H12N4O2S2.ClH/c1-7-6-24-16-10(7)13(17-11-8(2)14(21)20-15(11)22)18-12(19-16)9-4-3-5-23-9;/h3-6H,1-2H3,(H2,17,18,19,20,21,22);1H. The first-order chi connectivity index (χ1) is 11.5. The highest BCUT2D eigenvalue weighted by Gasteiger charge is 2.28. The zero-order chi connectivity index (χ0) is 16.8. The Balaban J connectivity index is 0.00000182. The van der Waals surface area contributed by atoms with E-state index in [0.717, 1.165) is 20.7 Å². The molecule has 0 saturated heterocycles. The molecule has 4 heterocycles. The van der Waals surface area contributed by atoms with Crippen molar-refractivity contribution in [3.05, 3.63) is 39.7 Å². The maximum Gasteiger partial charge on any atom is 0.275 e. The largest absolute Gasteiger partial charge is 0.335 e. The summed E-state index contributed by atoms with van der Waals surface area (Å²) in [7, 11) is 0. The van der Waals surface area contributed by atoms with Gasteiger partial charge in [0.25, 0.3) is 11.8 Å². The smallest absolute Gasteiger partial charge is 0.275 e. The third-order valence-electron chi connectivity index (χ3n) is 3.77. The Labute approximate surface area is 157 Å². The number of hydrogen-bond acceptors (Lipinski definition) is 7. The number of thiophene rings is 2. The summed E-state index contributed by atoms with van der Waals surface area (Å²) in [6.07, 6.45) is 0. The molecule has 0 bridgehead atoms. The summed E-state index contributed by atoms with van der Waals surface area (Å²) in [5, 5.41) is 10.2. The minimum atomic E-state index is -0.435. The molecule has 0 unspecified atom stereocenters. The molecule has 0 atom stereocenters. The molecule has 0 fully saturated rings. The number of fused-ring (bicyclic) bond motifs is 1. The molecular weight excluding hydrogens is 380 g/mol. The van der Waals surface area contributed by atoms with Crippen molar-refractivity contribution in [2.75, 3.05) is 5.32 Å². The molecule has 3 aromatic heterocycles. The van der Waals surface area contributed by atoms with Gasteiger partial charge in [-0.15, -0.1) is 35.1 Å². The van der Waals surface area contributed by atoms with E-state index >= 15 is 0 Å². The Hall–Kier alpha value is -2.29. The third-order valence-corrected chi connectivity index (χ3v) is 5.63. The lowest BCUT2D eigenvalue weighted by molar-refractivity contribution is -0.124. The summed E-state index contributed by atoms with van der Waals surface area (Å²) in [5.41, 5.74) is 1.62. The highest BCUT2D eigenvalue weighted by molar-refractivity contribution is 7.17. The van der Waals surface area contributed by atoms with Crippen molar-refractivity contribution in [2.45, 2.75) is 13.8 Å². The number of nitrogens with one attached hydrogen (secondary N) is 2. The number of aryl methyl sites for hydroxylation is 1. The highest BCUT2D eigenvalue weighted by atomic mass is 35.5. The van der Waals surface area contributed by atoms with Crippen LogP contribution in [0.4, 0.5) is 5.82 Å². The second-order valence-corrected chi connectivity index (χ2v) is 7.19.